The summed E-state index contributed by atoms with van der Waals surface area (Å²) in [7, 11) is -3.88. The molecule has 0 aliphatic heterocycles. The zero-order valence-corrected chi connectivity index (χ0v) is 13.2. The van der Waals surface area contributed by atoms with Crippen molar-refractivity contribution in [3.05, 3.63) is 54.2 Å². The molecular formula is C15H16FNO5S. The fourth-order valence-corrected chi connectivity index (χ4v) is 3.57. The number of nitrogens with one attached hydrogen (secondary N) is 1. The van der Waals surface area contributed by atoms with Crippen LogP contribution in [0.4, 0.5) is 9.18 Å². The van der Waals surface area contributed by atoms with E-state index < -0.39 is 27.0 Å². The summed E-state index contributed by atoms with van der Waals surface area (Å²) >= 11 is 0. The van der Waals surface area contributed by atoms with Crippen LogP contribution < -0.4 is 5.32 Å². The number of sulfone groups is 1. The average Bonchev–Trinajstić information content (AvgIpc) is 3.02. The van der Waals surface area contributed by atoms with Crippen molar-refractivity contribution < 1.29 is 26.8 Å². The first kappa shape index (κ1) is 17.0. The van der Waals surface area contributed by atoms with E-state index in [9.17, 15) is 17.6 Å². The number of carbonyl (C=O) groups is 1. The molecule has 23 heavy (non-hydrogen) atoms. The highest BCUT2D eigenvalue weighted by Crippen LogP contribution is 2.29. The largest absolute Gasteiger partial charge is 0.468 e. The minimum atomic E-state index is -3.88. The fourth-order valence-electron chi connectivity index (χ4n) is 1.98. The Bertz CT molecular complexity index is 741. The molecule has 0 bridgehead atoms. The SMILES string of the molecule is CCOC(=O)NCC(c1ccco1)S(=O)(=O)c1ccc(F)cc1. The lowest BCUT2D eigenvalue weighted by atomic mass is 10.3. The van der Waals surface area contributed by atoms with Crippen molar-refractivity contribution in [3.63, 3.8) is 0 Å². The van der Waals surface area contributed by atoms with Gasteiger partial charge in [0.25, 0.3) is 0 Å². The predicted molar refractivity (Wildman–Crippen MR) is 80.1 cm³/mol. The number of halogens is 1. The number of ether oxygens (including phenoxy) is 1. The van der Waals surface area contributed by atoms with Gasteiger partial charge in [-0.25, -0.2) is 17.6 Å². The summed E-state index contributed by atoms with van der Waals surface area (Å²) in [6.07, 6.45) is 0.616. The van der Waals surface area contributed by atoms with Gasteiger partial charge >= 0.3 is 6.09 Å². The summed E-state index contributed by atoms with van der Waals surface area (Å²) in [6, 6.07) is 7.51. The second-order valence-corrected chi connectivity index (χ2v) is 6.73. The molecule has 0 aliphatic carbocycles. The van der Waals surface area contributed by atoms with Crippen molar-refractivity contribution in [1.29, 1.82) is 0 Å². The zero-order valence-electron chi connectivity index (χ0n) is 12.4. The number of carbonyl (C=O) groups excluding carboxylic acids is 1. The first-order valence-corrected chi connectivity index (χ1v) is 8.43. The van der Waals surface area contributed by atoms with Crippen LogP contribution in [0.1, 0.15) is 17.9 Å². The Balaban J connectivity index is 2.29. The van der Waals surface area contributed by atoms with Crippen molar-refractivity contribution >= 4 is 15.9 Å². The molecule has 0 aliphatic rings. The van der Waals surface area contributed by atoms with Gasteiger partial charge in [0.15, 0.2) is 9.84 Å². The molecular weight excluding hydrogens is 325 g/mol. The molecule has 1 atom stereocenters. The number of furan rings is 1. The standard InChI is InChI=1S/C15H16FNO5S/c1-2-21-15(18)17-10-14(13-4-3-9-22-13)23(19,20)12-7-5-11(16)6-8-12/h3-9,14H,2,10H2,1H3,(H,17,18). The topological polar surface area (TPSA) is 85.6 Å². The first-order chi connectivity index (χ1) is 10.9. The van der Waals surface area contributed by atoms with Crippen LogP contribution in [-0.4, -0.2) is 27.7 Å². The Morgan fingerprint density at radius 1 is 1.30 bits per heavy atom. The second kappa shape index (κ2) is 7.28. The molecule has 1 N–H and O–H groups in total. The minimum absolute atomic E-state index is 0.0639. The van der Waals surface area contributed by atoms with Crippen LogP contribution in [0.15, 0.2) is 52.0 Å². The van der Waals surface area contributed by atoms with E-state index in [1.54, 1.807) is 13.0 Å². The number of rotatable bonds is 6. The zero-order chi connectivity index (χ0) is 16.9. The summed E-state index contributed by atoms with van der Waals surface area (Å²) < 4.78 is 48.4. The van der Waals surface area contributed by atoms with Gasteiger partial charge in [0, 0.05) is 6.54 Å². The van der Waals surface area contributed by atoms with E-state index in [4.69, 9.17) is 9.15 Å². The van der Waals surface area contributed by atoms with E-state index in [0.29, 0.717) is 0 Å². The van der Waals surface area contributed by atoms with E-state index in [0.717, 1.165) is 12.1 Å². The lowest BCUT2D eigenvalue weighted by molar-refractivity contribution is 0.152. The van der Waals surface area contributed by atoms with E-state index in [1.807, 2.05) is 0 Å². The van der Waals surface area contributed by atoms with Crippen molar-refractivity contribution in [2.24, 2.45) is 0 Å². The van der Waals surface area contributed by atoms with Crippen LogP contribution >= 0.6 is 0 Å². The van der Waals surface area contributed by atoms with Crippen LogP contribution in [0.2, 0.25) is 0 Å². The minimum Gasteiger partial charge on any atom is -0.468 e. The molecule has 0 fully saturated rings. The molecule has 124 valence electrons. The molecule has 2 aromatic rings. The van der Waals surface area contributed by atoms with Gasteiger partial charge in [-0.2, -0.15) is 0 Å². The second-order valence-electron chi connectivity index (χ2n) is 4.60. The Hall–Kier alpha value is -2.35. The number of amides is 1. The summed E-state index contributed by atoms with van der Waals surface area (Å²) in [6.45, 7) is 1.58. The van der Waals surface area contributed by atoms with Crippen LogP contribution in [-0.2, 0) is 14.6 Å². The summed E-state index contributed by atoms with van der Waals surface area (Å²) in [4.78, 5) is 11.4. The monoisotopic (exact) mass is 341 g/mol. The van der Waals surface area contributed by atoms with Gasteiger partial charge in [-0.05, 0) is 43.3 Å². The van der Waals surface area contributed by atoms with E-state index in [-0.39, 0.29) is 23.8 Å². The summed E-state index contributed by atoms with van der Waals surface area (Å²) in [5.41, 5.74) is 0. The molecule has 1 unspecified atom stereocenters. The fraction of sp³-hybridized carbons (Fsp3) is 0.267. The summed E-state index contributed by atoms with van der Waals surface area (Å²) in [5, 5.41) is 1.24. The number of benzene rings is 1. The van der Waals surface area contributed by atoms with Crippen molar-refractivity contribution in [1.82, 2.24) is 5.32 Å². The quantitative estimate of drug-likeness (QED) is 0.817. The lowest BCUT2D eigenvalue weighted by Crippen LogP contribution is -2.32. The van der Waals surface area contributed by atoms with Gasteiger partial charge in [-0.15, -0.1) is 0 Å². The molecule has 1 heterocycles. The van der Waals surface area contributed by atoms with Crippen LogP contribution in [0.5, 0.6) is 0 Å². The van der Waals surface area contributed by atoms with Crippen LogP contribution in [0, 0.1) is 5.82 Å². The summed E-state index contributed by atoms with van der Waals surface area (Å²) in [5.74, 6) is -0.366. The Labute approximate surface area is 133 Å². The highest BCUT2D eigenvalue weighted by molar-refractivity contribution is 7.91. The molecule has 1 aromatic heterocycles. The maximum Gasteiger partial charge on any atom is 0.407 e. The molecule has 0 saturated carbocycles. The normalized spacial score (nSPS) is 12.6. The smallest absolute Gasteiger partial charge is 0.407 e. The van der Waals surface area contributed by atoms with Crippen LogP contribution in [0.3, 0.4) is 0 Å². The van der Waals surface area contributed by atoms with Gasteiger partial charge in [-0.1, -0.05) is 0 Å². The molecule has 6 nitrogen and oxygen atoms in total. The van der Waals surface area contributed by atoms with Gasteiger partial charge in [0.1, 0.15) is 16.8 Å². The van der Waals surface area contributed by atoms with Crippen molar-refractivity contribution in [3.8, 4) is 0 Å². The Morgan fingerprint density at radius 2 is 2.00 bits per heavy atom. The van der Waals surface area contributed by atoms with Crippen molar-refractivity contribution in [2.45, 2.75) is 17.1 Å². The van der Waals surface area contributed by atoms with Gasteiger partial charge < -0.3 is 14.5 Å². The molecule has 1 amide bonds. The van der Waals surface area contributed by atoms with Crippen molar-refractivity contribution in [2.75, 3.05) is 13.2 Å². The molecule has 2 rings (SSSR count). The number of hydrogen-bond acceptors (Lipinski definition) is 5. The molecule has 8 heteroatoms. The van der Waals surface area contributed by atoms with Gasteiger partial charge in [0.2, 0.25) is 0 Å². The number of hydrogen-bond donors (Lipinski definition) is 1. The van der Waals surface area contributed by atoms with Crippen LogP contribution in [0.25, 0.3) is 0 Å². The lowest BCUT2D eigenvalue weighted by Gasteiger charge is -2.16. The first-order valence-electron chi connectivity index (χ1n) is 6.88. The van der Waals surface area contributed by atoms with Gasteiger partial charge in [-0.3, -0.25) is 0 Å². The third kappa shape index (κ3) is 4.10. The van der Waals surface area contributed by atoms with E-state index >= 15 is 0 Å². The maximum absolute atomic E-state index is 13.0. The Morgan fingerprint density at radius 3 is 2.57 bits per heavy atom. The molecule has 1 aromatic carbocycles. The molecule has 0 spiro atoms. The molecule has 0 radical (unpaired) electrons. The Kier molecular flexibility index (Phi) is 5.38. The highest BCUT2D eigenvalue weighted by atomic mass is 32.2. The predicted octanol–water partition coefficient (Wildman–Crippen LogP) is 2.68. The highest BCUT2D eigenvalue weighted by Gasteiger charge is 2.32. The number of alkyl carbamates (subject to hydrolysis) is 1. The van der Waals surface area contributed by atoms with E-state index in [2.05, 4.69) is 5.32 Å². The van der Waals surface area contributed by atoms with Gasteiger partial charge in [0.05, 0.1) is 17.8 Å². The third-order valence-corrected chi connectivity index (χ3v) is 5.16. The molecule has 0 saturated heterocycles. The maximum atomic E-state index is 13.0. The van der Waals surface area contributed by atoms with E-state index in [1.165, 1.54) is 24.5 Å². The average molecular weight is 341 g/mol. The third-order valence-electron chi connectivity index (χ3n) is 3.08.